The molecule has 4 rings (SSSR count). The van der Waals surface area contributed by atoms with E-state index in [1.807, 2.05) is 84.9 Å². The van der Waals surface area contributed by atoms with Gasteiger partial charge in [-0.2, -0.15) is 4.98 Å². The predicted octanol–water partition coefficient (Wildman–Crippen LogP) is 4.51. The van der Waals surface area contributed by atoms with Crippen LogP contribution in [0.2, 0.25) is 0 Å². The van der Waals surface area contributed by atoms with Crippen LogP contribution in [-0.2, 0) is 17.6 Å². The van der Waals surface area contributed by atoms with Crippen molar-refractivity contribution in [1.82, 2.24) is 10.1 Å². The summed E-state index contributed by atoms with van der Waals surface area (Å²) in [6.45, 7) is 0. The quantitative estimate of drug-likeness (QED) is 0.543. The Bertz CT molecular complexity index is 1060. The molecule has 0 aliphatic heterocycles. The van der Waals surface area contributed by atoms with Crippen molar-refractivity contribution in [2.24, 2.45) is 0 Å². The predicted molar refractivity (Wildman–Crippen MR) is 108 cm³/mol. The lowest BCUT2D eigenvalue weighted by Gasteiger charge is -2.08. The van der Waals surface area contributed by atoms with Gasteiger partial charge in [-0.25, -0.2) is 0 Å². The molecule has 0 saturated heterocycles. The molecule has 5 nitrogen and oxygen atoms in total. The largest absolute Gasteiger partial charge is 0.334 e. The maximum atomic E-state index is 12.4. The van der Waals surface area contributed by atoms with Crippen LogP contribution in [0.4, 0.5) is 5.69 Å². The average Bonchev–Trinajstić information content (AvgIpc) is 3.18. The summed E-state index contributed by atoms with van der Waals surface area (Å²) in [5.41, 5.74) is 3.42. The van der Waals surface area contributed by atoms with Gasteiger partial charge in [-0.15, -0.1) is 0 Å². The third-order valence-corrected chi connectivity index (χ3v) is 4.31. The lowest BCUT2D eigenvalue weighted by molar-refractivity contribution is -0.115. The number of anilines is 1. The van der Waals surface area contributed by atoms with Gasteiger partial charge in [0.05, 0.1) is 17.7 Å². The van der Waals surface area contributed by atoms with Gasteiger partial charge in [0, 0.05) is 6.42 Å². The summed E-state index contributed by atoms with van der Waals surface area (Å²) >= 11 is 0. The van der Waals surface area contributed by atoms with E-state index in [2.05, 4.69) is 15.5 Å². The van der Waals surface area contributed by atoms with Crippen molar-refractivity contribution < 1.29 is 9.32 Å². The number of nitrogens with zero attached hydrogens (tertiary/aromatic N) is 2. The highest BCUT2D eigenvalue weighted by molar-refractivity contribution is 5.95. The number of hydrogen-bond acceptors (Lipinski definition) is 4. The van der Waals surface area contributed by atoms with E-state index in [0.717, 1.165) is 11.1 Å². The number of benzene rings is 3. The lowest BCUT2D eigenvalue weighted by atomic mass is 10.1. The summed E-state index contributed by atoms with van der Waals surface area (Å²) in [6, 6.07) is 27.0. The van der Waals surface area contributed by atoms with E-state index in [1.165, 1.54) is 0 Å². The highest BCUT2D eigenvalue weighted by Crippen LogP contribution is 2.27. The molecule has 1 aromatic heterocycles. The first-order chi connectivity index (χ1) is 13.8. The van der Waals surface area contributed by atoms with Crippen LogP contribution in [0, 0.1) is 0 Å². The summed E-state index contributed by atoms with van der Waals surface area (Å²) in [4.78, 5) is 16.9. The minimum absolute atomic E-state index is 0.0947. The second kappa shape index (κ2) is 8.31. The van der Waals surface area contributed by atoms with Crippen LogP contribution in [0.3, 0.4) is 0 Å². The Kier molecular flexibility index (Phi) is 5.24. The van der Waals surface area contributed by atoms with E-state index in [1.54, 1.807) is 0 Å². The molecule has 0 aliphatic carbocycles. The Labute approximate surface area is 163 Å². The van der Waals surface area contributed by atoms with Crippen molar-refractivity contribution in [2.45, 2.75) is 12.8 Å². The van der Waals surface area contributed by atoms with Gasteiger partial charge < -0.3 is 9.84 Å². The molecule has 5 heteroatoms. The molecular formula is C23H19N3O2. The zero-order valence-corrected chi connectivity index (χ0v) is 15.2. The molecule has 0 bridgehead atoms. The van der Waals surface area contributed by atoms with Crippen LogP contribution in [0.15, 0.2) is 89.5 Å². The Balaban J connectivity index is 1.51. The Hall–Kier alpha value is -3.73. The number of hydrogen-bond donors (Lipinski definition) is 1. The number of nitrogens with one attached hydrogen (secondary N) is 1. The summed E-state index contributed by atoms with van der Waals surface area (Å²) in [5.74, 6) is 0.899. The maximum absolute atomic E-state index is 12.4. The lowest BCUT2D eigenvalue weighted by Crippen LogP contribution is -2.15. The van der Waals surface area contributed by atoms with Gasteiger partial charge in [0.2, 0.25) is 5.91 Å². The summed E-state index contributed by atoms with van der Waals surface area (Å²) in [7, 11) is 0. The van der Waals surface area contributed by atoms with E-state index in [0.29, 0.717) is 35.8 Å². The molecule has 0 spiro atoms. The normalized spacial score (nSPS) is 10.6. The van der Waals surface area contributed by atoms with Crippen molar-refractivity contribution in [3.05, 3.63) is 102 Å². The molecule has 0 saturated carbocycles. The molecule has 4 aromatic rings. The Morgan fingerprint density at radius 3 is 2.21 bits per heavy atom. The van der Waals surface area contributed by atoms with E-state index in [4.69, 9.17) is 4.52 Å². The van der Waals surface area contributed by atoms with Crippen LogP contribution in [-0.4, -0.2) is 16.0 Å². The number of rotatable bonds is 6. The first-order valence-electron chi connectivity index (χ1n) is 9.07. The number of amides is 1. The first kappa shape index (κ1) is 17.7. The highest BCUT2D eigenvalue weighted by Gasteiger charge is 2.15. The van der Waals surface area contributed by atoms with Crippen molar-refractivity contribution in [3.63, 3.8) is 0 Å². The molecule has 1 N–H and O–H groups in total. The topological polar surface area (TPSA) is 68.0 Å². The zero-order chi connectivity index (χ0) is 19.2. The molecule has 0 fully saturated rings. The van der Waals surface area contributed by atoms with Gasteiger partial charge >= 0.3 is 0 Å². The fourth-order valence-electron chi connectivity index (χ4n) is 2.97. The molecule has 28 heavy (non-hydrogen) atoms. The standard InChI is InChI=1S/C23H19N3O2/c27-22(16-18-11-5-2-6-12-18)24-20-14-8-7-13-19(20)23-25-21(26-28-23)15-17-9-3-1-4-10-17/h1-14H,15-16H2,(H,24,27). The molecule has 1 heterocycles. The average molecular weight is 369 g/mol. The smallest absolute Gasteiger partial charge is 0.260 e. The first-order valence-corrected chi connectivity index (χ1v) is 9.07. The van der Waals surface area contributed by atoms with Crippen LogP contribution < -0.4 is 5.32 Å². The second-order valence-electron chi connectivity index (χ2n) is 6.43. The van der Waals surface area contributed by atoms with Crippen molar-refractivity contribution in [1.29, 1.82) is 0 Å². The molecule has 1 amide bonds. The summed E-state index contributed by atoms with van der Waals surface area (Å²) in [6.07, 6.45) is 0.894. The van der Waals surface area contributed by atoms with Gasteiger partial charge in [-0.1, -0.05) is 78.0 Å². The molecule has 0 aliphatic rings. The molecule has 0 radical (unpaired) electrons. The summed E-state index contributed by atoms with van der Waals surface area (Å²) < 4.78 is 5.45. The molecular weight excluding hydrogens is 350 g/mol. The second-order valence-corrected chi connectivity index (χ2v) is 6.43. The van der Waals surface area contributed by atoms with E-state index in [9.17, 15) is 4.79 Å². The monoisotopic (exact) mass is 369 g/mol. The Morgan fingerprint density at radius 1 is 0.821 bits per heavy atom. The number of carbonyl (C=O) groups excluding carboxylic acids is 1. The number of carbonyl (C=O) groups is 1. The number of para-hydroxylation sites is 1. The maximum Gasteiger partial charge on any atom is 0.260 e. The van der Waals surface area contributed by atoms with Gasteiger partial charge in [0.1, 0.15) is 0 Å². The molecule has 3 aromatic carbocycles. The van der Waals surface area contributed by atoms with Crippen LogP contribution >= 0.6 is 0 Å². The van der Waals surface area contributed by atoms with Crippen LogP contribution in [0.5, 0.6) is 0 Å². The van der Waals surface area contributed by atoms with Gasteiger partial charge in [0.15, 0.2) is 5.82 Å². The van der Waals surface area contributed by atoms with Crippen molar-refractivity contribution in [3.8, 4) is 11.5 Å². The van der Waals surface area contributed by atoms with Gasteiger partial charge in [0.25, 0.3) is 5.89 Å². The fourth-order valence-corrected chi connectivity index (χ4v) is 2.97. The highest BCUT2D eigenvalue weighted by atomic mass is 16.5. The minimum atomic E-state index is -0.0947. The van der Waals surface area contributed by atoms with E-state index < -0.39 is 0 Å². The minimum Gasteiger partial charge on any atom is -0.334 e. The zero-order valence-electron chi connectivity index (χ0n) is 15.2. The fraction of sp³-hybridized carbons (Fsp3) is 0.0870. The SMILES string of the molecule is O=C(Cc1ccccc1)Nc1ccccc1-c1nc(Cc2ccccc2)no1. The molecule has 0 atom stereocenters. The Morgan fingerprint density at radius 2 is 1.46 bits per heavy atom. The third kappa shape index (κ3) is 4.32. The van der Waals surface area contributed by atoms with Crippen molar-refractivity contribution >= 4 is 11.6 Å². The van der Waals surface area contributed by atoms with Gasteiger partial charge in [-0.3, -0.25) is 4.79 Å². The van der Waals surface area contributed by atoms with E-state index in [-0.39, 0.29) is 5.91 Å². The van der Waals surface area contributed by atoms with Crippen LogP contribution in [0.25, 0.3) is 11.5 Å². The van der Waals surface area contributed by atoms with Gasteiger partial charge in [-0.05, 0) is 23.3 Å². The third-order valence-electron chi connectivity index (χ3n) is 4.31. The van der Waals surface area contributed by atoms with Crippen LogP contribution in [0.1, 0.15) is 17.0 Å². The molecule has 0 unspecified atom stereocenters. The molecule has 138 valence electrons. The van der Waals surface area contributed by atoms with E-state index >= 15 is 0 Å². The number of aromatic nitrogens is 2. The van der Waals surface area contributed by atoms with Crippen molar-refractivity contribution in [2.75, 3.05) is 5.32 Å². The summed E-state index contributed by atoms with van der Waals surface area (Å²) in [5, 5.41) is 7.03.